The number of benzene rings is 2. The highest BCUT2D eigenvalue weighted by molar-refractivity contribution is 7.89. The molecule has 1 aliphatic heterocycles. The van der Waals surface area contributed by atoms with Crippen molar-refractivity contribution in [3.8, 4) is 0 Å². The summed E-state index contributed by atoms with van der Waals surface area (Å²) in [6.07, 6.45) is -5.68. The molecule has 1 fully saturated rings. The Morgan fingerprint density at radius 1 is 1.06 bits per heavy atom. The number of halogens is 3. The molecule has 0 amide bonds. The molecule has 1 N–H and O–H groups in total. The maximum Gasteiger partial charge on any atom is 0.416 e. The van der Waals surface area contributed by atoms with Gasteiger partial charge in [-0.05, 0) is 23.8 Å². The number of nitro benzene ring substituents is 1. The number of nitro groups is 1. The molecule has 0 aromatic heterocycles. The third-order valence-electron chi connectivity index (χ3n) is 5.03. The van der Waals surface area contributed by atoms with Gasteiger partial charge in [-0.15, -0.1) is 0 Å². The highest BCUT2D eigenvalue weighted by Crippen LogP contribution is 2.31. The summed E-state index contributed by atoms with van der Waals surface area (Å²) in [5.74, 6) is 0. The Balaban J connectivity index is 1.63. The van der Waals surface area contributed by atoms with E-state index in [1.807, 2.05) is 0 Å². The van der Waals surface area contributed by atoms with Gasteiger partial charge in [-0.2, -0.15) is 17.5 Å². The van der Waals surface area contributed by atoms with E-state index >= 15 is 0 Å². The topological polar surface area (TPSA) is 104 Å². The highest BCUT2D eigenvalue weighted by Gasteiger charge is 2.32. The third-order valence-corrected chi connectivity index (χ3v) is 6.92. The maximum atomic E-state index is 12.9. The summed E-state index contributed by atoms with van der Waals surface area (Å²) >= 11 is 0. The first kappa shape index (κ1) is 23.1. The lowest BCUT2D eigenvalue weighted by atomic mass is 10.1. The van der Waals surface area contributed by atoms with Crippen LogP contribution in [0.1, 0.15) is 17.2 Å². The zero-order valence-corrected chi connectivity index (χ0v) is 17.0. The lowest BCUT2D eigenvalue weighted by molar-refractivity contribution is -0.385. The molecular weight excluding hydrogens is 439 g/mol. The molecule has 2 aromatic rings. The number of rotatable bonds is 6. The number of nitrogens with zero attached hydrogens (tertiary/aromatic N) is 3. The van der Waals surface area contributed by atoms with E-state index in [1.54, 1.807) is 4.90 Å². The molecule has 0 radical (unpaired) electrons. The van der Waals surface area contributed by atoms with Gasteiger partial charge in [0.25, 0.3) is 5.69 Å². The molecule has 1 saturated heterocycles. The number of sulfonamides is 1. The number of hydrogen-bond donors (Lipinski definition) is 1. The van der Waals surface area contributed by atoms with E-state index in [2.05, 4.69) is 0 Å². The zero-order valence-electron chi connectivity index (χ0n) is 16.2. The number of alkyl halides is 3. The number of non-ortho nitro benzene ring substituents is 1. The van der Waals surface area contributed by atoms with Gasteiger partial charge < -0.3 is 5.11 Å². The molecule has 1 atom stereocenters. The quantitative estimate of drug-likeness (QED) is 0.526. The molecule has 1 unspecified atom stereocenters. The first-order valence-corrected chi connectivity index (χ1v) is 10.7. The molecular formula is C19H20F3N3O5S. The van der Waals surface area contributed by atoms with Gasteiger partial charge in [0.15, 0.2) is 0 Å². The van der Waals surface area contributed by atoms with Gasteiger partial charge in [0.1, 0.15) is 0 Å². The molecule has 1 heterocycles. The summed E-state index contributed by atoms with van der Waals surface area (Å²) < 4.78 is 65.3. The Bertz CT molecular complexity index is 1050. The number of aliphatic hydroxyl groups excluding tert-OH is 1. The summed E-state index contributed by atoms with van der Waals surface area (Å²) in [5, 5.41) is 21.2. The monoisotopic (exact) mass is 459 g/mol. The van der Waals surface area contributed by atoms with Crippen LogP contribution in [-0.4, -0.2) is 60.4 Å². The number of aliphatic hydroxyl groups is 1. The average molecular weight is 459 g/mol. The molecule has 8 nitrogen and oxygen atoms in total. The summed E-state index contributed by atoms with van der Waals surface area (Å²) in [6, 6.07) is 9.24. The van der Waals surface area contributed by atoms with Crippen molar-refractivity contribution in [2.24, 2.45) is 0 Å². The lowest BCUT2D eigenvalue weighted by Crippen LogP contribution is -2.49. The van der Waals surface area contributed by atoms with Gasteiger partial charge in [0.05, 0.1) is 21.5 Å². The van der Waals surface area contributed by atoms with Crippen molar-refractivity contribution in [3.63, 3.8) is 0 Å². The first-order chi connectivity index (χ1) is 14.5. The Kier molecular flexibility index (Phi) is 6.65. The Labute approximate surface area is 176 Å². The van der Waals surface area contributed by atoms with Crippen LogP contribution in [0.5, 0.6) is 0 Å². The predicted octanol–water partition coefficient (Wildman–Crippen LogP) is 2.65. The van der Waals surface area contributed by atoms with Gasteiger partial charge in [0.2, 0.25) is 10.0 Å². The Morgan fingerprint density at radius 3 is 2.32 bits per heavy atom. The summed E-state index contributed by atoms with van der Waals surface area (Å²) in [6.45, 7) is 0.723. The highest BCUT2D eigenvalue weighted by atomic mass is 32.2. The third kappa shape index (κ3) is 5.39. The van der Waals surface area contributed by atoms with E-state index in [-0.39, 0.29) is 48.9 Å². The van der Waals surface area contributed by atoms with Crippen molar-refractivity contribution >= 4 is 15.7 Å². The van der Waals surface area contributed by atoms with Crippen molar-refractivity contribution in [3.05, 3.63) is 69.8 Å². The van der Waals surface area contributed by atoms with Crippen molar-refractivity contribution < 1.29 is 31.6 Å². The summed E-state index contributed by atoms with van der Waals surface area (Å²) in [5.41, 5.74) is -1.05. The molecule has 0 bridgehead atoms. The van der Waals surface area contributed by atoms with Crippen molar-refractivity contribution in [1.82, 2.24) is 9.21 Å². The fraction of sp³-hybridized carbons (Fsp3) is 0.368. The van der Waals surface area contributed by atoms with Crippen molar-refractivity contribution in [1.29, 1.82) is 0 Å². The van der Waals surface area contributed by atoms with Crippen LogP contribution in [0.2, 0.25) is 0 Å². The van der Waals surface area contributed by atoms with Crippen molar-refractivity contribution in [2.45, 2.75) is 17.2 Å². The van der Waals surface area contributed by atoms with Crippen LogP contribution < -0.4 is 0 Å². The smallest absolute Gasteiger partial charge is 0.387 e. The number of β-amino-alcohol motifs (C(OH)–C–C–N with tert-alkyl or cyclic N) is 1. The van der Waals surface area contributed by atoms with E-state index in [1.165, 1.54) is 34.6 Å². The minimum atomic E-state index is -4.51. The average Bonchev–Trinajstić information content (AvgIpc) is 2.73. The Hall–Kier alpha value is -2.54. The number of hydrogen-bond acceptors (Lipinski definition) is 6. The normalized spacial score (nSPS) is 17.4. The van der Waals surface area contributed by atoms with E-state index in [0.717, 1.165) is 18.2 Å². The molecule has 1 aliphatic rings. The van der Waals surface area contributed by atoms with Gasteiger partial charge in [-0.25, -0.2) is 8.42 Å². The molecule has 0 aliphatic carbocycles. The first-order valence-electron chi connectivity index (χ1n) is 9.30. The van der Waals surface area contributed by atoms with Crippen LogP contribution in [0.3, 0.4) is 0 Å². The molecule has 2 aromatic carbocycles. The molecule has 0 saturated carbocycles. The lowest BCUT2D eigenvalue weighted by Gasteiger charge is -2.35. The van der Waals surface area contributed by atoms with E-state index < -0.39 is 32.8 Å². The maximum absolute atomic E-state index is 12.9. The summed E-state index contributed by atoms with van der Waals surface area (Å²) in [7, 11) is -3.93. The largest absolute Gasteiger partial charge is 0.416 e. The molecule has 12 heteroatoms. The van der Waals surface area contributed by atoms with E-state index in [9.17, 15) is 36.8 Å². The molecule has 3 rings (SSSR count). The van der Waals surface area contributed by atoms with Crippen molar-refractivity contribution in [2.75, 3.05) is 32.7 Å². The van der Waals surface area contributed by atoms with Crippen LogP contribution in [0.15, 0.2) is 53.4 Å². The minimum absolute atomic E-state index is 0.0476. The molecule has 31 heavy (non-hydrogen) atoms. The second-order valence-corrected chi connectivity index (χ2v) is 9.04. The fourth-order valence-electron chi connectivity index (χ4n) is 3.33. The van der Waals surface area contributed by atoms with E-state index in [0.29, 0.717) is 0 Å². The number of piperazine rings is 1. The van der Waals surface area contributed by atoms with Crippen LogP contribution in [0.25, 0.3) is 0 Å². The van der Waals surface area contributed by atoms with Crippen LogP contribution in [0.4, 0.5) is 18.9 Å². The van der Waals surface area contributed by atoms with Gasteiger partial charge in [0, 0.05) is 44.9 Å². The van der Waals surface area contributed by atoms with Gasteiger partial charge in [-0.3, -0.25) is 15.0 Å². The van der Waals surface area contributed by atoms with Gasteiger partial charge >= 0.3 is 6.18 Å². The van der Waals surface area contributed by atoms with E-state index in [4.69, 9.17) is 0 Å². The SMILES string of the molecule is O=[N+]([O-])c1cccc(S(=O)(=O)N2CCN(CC(O)c3cccc(C(F)(F)F)c3)CC2)c1. The second kappa shape index (κ2) is 8.91. The molecule has 168 valence electrons. The molecule has 0 spiro atoms. The second-order valence-electron chi connectivity index (χ2n) is 7.10. The van der Waals surface area contributed by atoms with Crippen LogP contribution >= 0.6 is 0 Å². The minimum Gasteiger partial charge on any atom is -0.387 e. The zero-order chi connectivity index (χ0) is 22.8. The van der Waals surface area contributed by atoms with Crippen LogP contribution in [0, 0.1) is 10.1 Å². The fourth-order valence-corrected chi connectivity index (χ4v) is 4.79. The predicted molar refractivity (Wildman–Crippen MR) is 105 cm³/mol. The summed E-state index contributed by atoms with van der Waals surface area (Å²) in [4.78, 5) is 11.8. The Morgan fingerprint density at radius 2 is 1.71 bits per heavy atom. The standard InChI is InChI=1S/C19H20F3N3O5S/c20-19(21,22)15-4-1-3-14(11-15)18(26)13-23-7-9-24(10-8-23)31(29,30)17-6-2-5-16(12-17)25(27)28/h1-6,11-12,18,26H,7-10,13H2. The van der Waals surface area contributed by atoms with Gasteiger partial charge in [-0.1, -0.05) is 18.2 Å². The van der Waals surface area contributed by atoms with Crippen LogP contribution in [-0.2, 0) is 16.2 Å².